The Morgan fingerprint density at radius 2 is 1.95 bits per heavy atom. The number of rotatable bonds is 6. The summed E-state index contributed by atoms with van der Waals surface area (Å²) in [6.45, 7) is 6.48. The monoisotopic (exact) mass is 309 g/mol. The Kier molecular flexibility index (Phi) is 5.44. The second-order valence-corrected chi connectivity index (χ2v) is 6.21. The number of benzene rings is 1. The second kappa shape index (κ2) is 7.09. The summed E-state index contributed by atoms with van der Waals surface area (Å²) >= 11 is 7.41. The molecule has 4 heteroatoms. The van der Waals surface area contributed by atoms with E-state index in [-0.39, 0.29) is 6.10 Å². The number of hydrogen-bond acceptors (Lipinski definition) is 3. The smallest absolute Gasteiger partial charge is 0.150 e. The number of halogens is 1. The molecule has 108 valence electrons. The molecule has 0 radical (unpaired) electrons. The van der Waals surface area contributed by atoms with Crippen molar-refractivity contribution in [2.45, 2.75) is 45.1 Å². The predicted molar refractivity (Wildman–Crippen MR) is 85.9 cm³/mol. The van der Waals surface area contributed by atoms with Gasteiger partial charge in [0.2, 0.25) is 0 Å². The van der Waals surface area contributed by atoms with Crippen LogP contribution in [0.3, 0.4) is 0 Å². The van der Waals surface area contributed by atoms with Crippen LogP contribution in [0.5, 0.6) is 5.75 Å². The summed E-state index contributed by atoms with van der Waals surface area (Å²) in [5, 5.41) is 2.99. The van der Waals surface area contributed by atoms with Crippen LogP contribution in [0.4, 0.5) is 0 Å². The summed E-state index contributed by atoms with van der Waals surface area (Å²) in [7, 11) is 0. The van der Waals surface area contributed by atoms with E-state index in [1.54, 1.807) is 11.3 Å². The molecule has 0 spiro atoms. The fraction of sp³-hybridized carbons (Fsp3) is 0.438. The lowest BCUT2D eigenvalue weighted by molar-refractivity contribution is 0.200. The van der Waals surface area contributed by atoms with Gasteiger partial charge in [-0.2, -0.15) is 0 Å². The maximum Gasteiger partial charge on any atom is 0.150 e. The maximum atomic E-state index is 6.05. The van der Waals surface area contributed by atoms with Gasteiger partial charge in [-0.15, -0.1) is 22.9 Å². The van der Waals surface area contributed by atoms with Gasteiger partial charge in [0.05, 0.1) is 11.6 Å². The Labute approximate surface area is 129 Å². The first-order valence-electron chi connectivity index (χ1n) is 6.91. The van der Waals surface area contributed by atoms with E-state index in [1.807, 2.05) is 17.5 Å². The van der Waals surface area contributed by atoms with Crippen molar-refractivity contribution in [3.05, 3.63) is 45.9 Å². The molecule has 1 unspecified atom stereocenters. The quantitative estimate of drug-likeness (QED) is 0.654. The predicted octanol–water partition coefficient (Wildman–Crippen LogP) is 5.54. The summed E-state index contributed by atoms with van der Waals surface area (Å²) in [5.41, 5.74) is 2.24. The lowest BCUT2D eigenvalue weighted by atomic mass is 10.0. The van der Waals surface area contributed by atoms with E-state index in [4.69, 9.17) is 16.3 Å². The minimum atomic E-state index is 0.00173. The highest BCUT2D eigenvalue weighted by molar-refractivity contribution is 7.09. The molecular formula is C16H20ClNOS. The van der Waals surface area contributed by atoms with Crippen molar-refractivity contribution >= 4 is 22.9 Å². The standard InChI is InChI=1S/C16H20ClNOS/c1-4-15(16-18-13(9-17)10-20-16)19-14-7-5-12(6-8-14)11(2)3/h5-8,10-11,15H,4,9H2,1-3H3. The first-order chi connectivity index (χ1) is 9.63. The van der Waals surface area contributed by atoms with E-state index in [2.05, 4.69) is 37.9 Å². The van der Waals surface area contributed by atoms with E-state index in [9.17, 15) is 0 Å². The third kappa shape index (κ3) is 3.74. The average molecular weight is 310 g/mol. The fourth-order valence-corrected chi connectivity index (χ4v) is 3.09. The van der Waals surface area contributed by atoms with Gasteiger partial charge in [0.1, 0.15) is 16.9 Å². The maximum absolute atomic E-state index is 6.05. The van der Waals surface area contributed by atoms with Crippen LogP contribution in [0.1, 0.15) is 55.5 Å². The highest BCUT2D eigenvalue weighted by Crippen LogP contribution is 2.28. The molecule has 0 fully saturated rings. The Hall–Kier alpha value is -1.06. The number of aromatic nitrogens is 1. The SMILES string of the molecule is CCC(Oc1ccc(C(C)C)cc1)c1nc(CCl)cs1. The van der Waals surface area contributed by atoms with Gasteiger partial charge in [-0.3, -0.25) is 0 Å². The molecule has 0 aliphatic carbocycles. The van der Waals surface area contributed by atoms with Gasteiger partial charge < -0.3 is 4.74 Å². The van der Waals surface area contributed by atoms with Crippen molar-refractivity contribution < 1.29 is 4.74 Å². The van der Waals surface area contributed by atoms with Crippen LogP contribution in [-0.2, 0) is 5.88 Å². The van der Waals surface area contributed by atoms with Gasteiger partial charge in [-0.05, 0) is 30.0 Å². The highest BCUT2D eigenvalue weighted by atomic mass is 35.5. The number of nitrogens with zero attached hydrogens (tertiary/aromatic N) is 1. The molecule has 0 saturated carbocycles. The molecule has 1 aromatic carbocycles. The third-order valence-corrected chi connectivity index (χ3v) is 4.44. The van der Waals surface area contributed by atoms with E-state index in [1.165, 1.54) is 5.56 Å². The van der Waals surface area contributed by atoms with Gasteiger partial charge in [0, 0.05) is 5.38 Å². The zero-order chi connectivity index (χ0) is 14.5. The summed E-state index contributed by atoms with van der Waals surface area (Å²) < 4.78 is 6.05. The van der Waals surface area contributed by atoms with E-state index in [0.29, 0.717) is 11.8 Å². The van der Waals surface area contributed by atoms with Crippen LogP contribution in [-0.4, -0.2) is 4.98 Å². The molecule has 0 amide bonds. The van der Waals surface area contributed by atoms with Crippen LogP contribution >= 0.6 is 22.9 Å². The Morgan fingerprint density at radius 3 is 2.45 bits per heavy atom. The van der Waals surface area contributed by atoms with Crippen molar-refractivity contribution in [1.29, 1.82) is 0 Å². The number of ether oxygens (including phenoxy) is 1. The summed E-state index contributed by atoms with van der Waals surface area (Å²) in [6, 6.07) is 8.32. The summed E-state index contributed by atoms with van der Waals surface area (Å²) in [4.78, 5) is 4.50. The Morgan fingerprint density at radius 1 is 1.25 bits per heavy atom. The molecule has 20 heavy (non-hydrogen) atoms. The van der Waals surface area contributed by atoms with Gasteiger partial charge in [0.15, 0.2) is 0 Å². The molecule has 0 N–H and O–H groups in total. The van der Waals surface area contributed by atoms with Crippen molar-refractivity contribution in [2.75, 3.05) is 0 Å². The third-order valence-electron chi connectivity index (χ3n) is 3.18. The average Bonchev–Trinajstić information content (AvgIpc) is 2.94. The number of alkyl halides is 1. The van der Waals surface area contributed by atoms with E-state index < -0.39 is 0 Å². The molecule has 1 aromatic heterocycles. The molecule has 0 aliphatic heterocycles. The molecule has 0 aliphatic rings. The molecule has 1 heterocycles. The summed E-state index contributed by atoms with van der Waals surface area (Å²) in [6.07, 6.45) is 0.892. The first kappa shape index (κ1) is 15.3. The fourth-order valence-electron chi connectivity index (χ4n) is 1.94. The van der Waals surface area contributed by atoms with Gasteiger partial charge in [-0.1, -0.05) is 32.9 Å². The highest BCUT2D eigenvalue weighted by Gasteiger charge is 2.15. The zero-order valence-corrected chi connectivity index (χ0v) is 13.7. The molecule has 0 saturated heterocycles. The van der Waals surface area contributed by atoms with Crippen molar-refractivity contribution in [3.63, 3.8) is 0 Å². The zero-order valence-electron chi connectivity index (χ0n) is 12.1. The lowest BCUT2D eigenvalue weighted by Gasteiger charge is -2.16. The van der Waals surface area contributed by atoms with Gasteiger partial charge in [-0.25, -0.2) is 4.98 Å². The Balaban J connectivity index is 2.09. The van der Waals surface area contributed by atoms with E-state index >= 15 is 0 Å². The largest absolute Gasteiger partial charge is 0.483 e. The molecule has 2 aromatic rings. The molecule has 1 atom stereocenters. The minimum absolute atomic E-state index is 0.00173. The Bertz CT molecular complexity index is 536. The van der Waals surface area contributed by atoms with Crippen LogP contribution in [0.25, 0.3) is 0 Å². The molecule has 2 nitrogen and oxygen atoms in total. The van der Waals surface area contributed by atoms with Crippen molar-refractivity contribution in [1.82, 2.24) is 4.98 Å². The lowest BCUT2D eigenvalue weighted by Crippen LogP contribution is -2.06. The topological polar surface area (TPSA) is 22.1 Å². The summed E-state index contributed by atoms with van der Waals surface area (Å²) in [5.74, 6) is 1.89. The second-order valence-electron chi connectivity index (χ2n) is 5.05. The van der Waals surface area contributed by atoms with Gasteiger partial charge in [0.25, 0.3) is 0 Å². The van der Waals surface area contributed by atoms with Crippen molar-refractivity contribution in [3.8, 4) is 5.75 Å². The number of hydrogen-bond donors (Lipinski definition) is 0. The van der Waals surface area contributed by atoms with Crippen LogP contribution in [0.2, 0.25) is 0 Å². The minimum Gasteiger partial charge on any atom is -0.483 e. The molecular weight excluding hydrogens is 290 g/mol. The van der Waals surface area contributed by atoms with Crippen LogP contribution in [0, 0.1) is 0 Å². The molecule has 2 rings (SSSR count). The molecule has 0 bridgehead atoms. The first-order valence-corrected chi connectivity index (χ1v) is 8.32. The van der Waals surface area contributed by atoms with Gasteiger partial charge >= 0.3 is 0 Å². The number of thiazole rings is 1. The van der Waals surface area contributed by atoms with Crippen molar-refractivity contribution in [2.24, 2.45) is 0 Å². The van der Waals surface area contributed by atoms with E-state index in [0.717, 1.165) is 22.9 Å². The normalized spacial score (nSPS) is 12.7. The van der Waals surface area contributed by atoms with Crippen LogP contribution < -0.4 is 4.74 Å². The van der Waals surface area contributed by atoms with Crippen LogP contribution in [0.15, 0.2) is 29.6 Å².